The second-order valence-electron chi connectivity index (χ2n) is 3.75. The van der Waals surface area contributed by atoms with Crippen molar-refractivity contribution in [1.29, 1.82) is 0 Å². The van der Waals surface area contributed by atoms with E-state index in [1.165, 1.54) is 7.11 Å². The number of rotatable bonds is 7. The number of esters is 1. The van der Waals surface area contributed by atoms with Crippen molar-refractivity contribution in [3.8, 4) is 0 Å². The van der Waals surface area contributed by atoms with Crippen molar-refractivity contribution in [2.75, 3.05) is 47.9 Å². The highest BCUT2D eigenvalue weighted by Crippen LogP contribution is 2.18. The van der Waals surface area contributed by atoms with Gasteiger partial charge in [-0.1, -0.05) is 13.5 Å². The third-order valence-corrected chi connectivity index (χ3v) is 2.36. The molecule has 0 unspecified atom stereocenters. The summed E-state index contributed by atoms with van der Waals surface area (Å²) in [6.07, 6.45) is 1.70. The highest BCUT2D eigenvalue weighted by molar-refractivity contribution is 5.80. The van der Waals surface area contributed by atoms with E-state index in [-0.39, 0.29) is 19.8 Å². The number of carbonyl (C=O) groups is 1. The lowest BCUT2D eigenvalue weighted by Gasteiger charge is -2.24. The van der Waals surface area contributed by atoms with E-state index >= 15 is 0 Å². The Morgan fingerprint density at radius 2 is 1.50 bits per heavy atom. The molecule has 0 bridgehead atoms. The van der Waals surface area contributed by atoms with Gasteiger partial charge in [-0.15, -0.1) is 0 Å². The van der Waals surface area contributed by atoms with Crippen molar-refractivity contribution < 1.29 is 34.3 Å². The molecular weight excluding hydrogens is 268 g/mol. The standard InChI is InChI=1S/C6H14O3.C4H6O2.C3H8O2/c1-2-6(3-7,4-8)5-9;1-3-4(5)6-2;1-4-3-5-2/h7-9H,2-5H2,1H3;3H,1H2,2H3;3H2,1-2H3. The Kier molecular flexibility index (Phi) is 21.7. The molecular formula is C13H28O7. The zero-order valence-electron chi connectivity index (χ0n) is 12.8. The molecule has 7 nitrogen and oxygen atoms in total. The van der Waals surface area contributed by atoms with E-state index in [4.69, 9.17) is 15.3 Å². The van der Waals surface area contributed by atoms with E-state index in [0.717, 1.165) is 6.08 Å². The highest BCUT2D eigenvalue weighted by Gasteiger charge is 2.24. The lowest BCUT2D eigenvalue weighted by atomic mass is 9.88. The van der Waals surface area contributed by atoms with Crippen molar-refractivity contribution in [1.82, 2.24) is 0 Å². The van der Waals surface area contributed by atoms with E-state index in [0.29, 0.717) is 13.2 Å². The van der Waals surface area contributed by atoms with E-state index in [9.17, 15) is 4.79 Å². The van der Waals surface area contributed by atoms with Gasteiger partial charge in [0.15, 0.2) is 0 Å². The molecule has 0 aliphatic rings. The fourth-order valence-electron chi connectivity index (χ4n) is 0.687. The Morgan fingerprint density at radius 1 is 1.10 bits per heavy atom. The minimum Gasteiger partial charge on any atom is -0.466 e. The van der Waals surface area contributed by atoms with Crippen molar-refractivity contribution in [3.63, 3.8) is 0 Å². The lowest BCUT2D eigenvalue weighted by molar-refractivity contribution is -0.134. The Balaban J connectivity index is -0.000000230. The average Bonchev–Trinajstić information content (AvgIpc) is 2.51. The van der Waals surface area contributed by atoms with Crippen LogP contribution in [0, 0.1) is 5.41 Å². The maximum Gasteiger partial charge on any atom is 0.329 e. The minimum absolute atomic E-state index is 0.156. The van der Waals surface area contributed by atoms with Crippen LogP contribution < -0.4 is 0 Å². The van der Waals surface area contributed by atoms with Crippen molar-refractivity contribution in [2.24, 2.45) is 5.41 Å². The first-order chi connectivity index (χ1) is 9.46. The van der Waals surface area contributed by atoms with E-state index in [1.807, 2.05) is 6.92 Å². The van der Waals surface area contributed by atoms with Gasteiger partial charge in [0.2, 0.25) is 0 Å². The van der Waals surface area contributed by atoms with E-state index in [2.05, 4.69) is 20.8 Å². The van der Waals surface area contributed by atoms with Crippen LogP contribution in [0.2, 0.25) is 0 Å². The number of hydrogen-bond acceptors (Lipinski definition) is 7. The number of methoxy groups -OCH3 is 3. The summed E-state index contributed by atoms with van der Waals surface area (Å²) in [6.45, 7) is 4.90. The molecule has 0 aromatic rings. The highest BCUT2D eigenvalue weighted by atomic mass is 16.6. The first kappa shape index (κ1) is 24.1. The molecule has 0 saturated heterocycles. The number of hydrogen-bond donors (Lipinski definition) is 3. The van der Waals surface area contributed by atoms with Gasteiger partial charge in [-0.25, -0.2) is 4.79 Å². The minimum atomic E-state index is -0.667. The third kappa shape index (κ3) is 15.1. The Labute approximate surface area is 120 Å². The Hall–Kier alpha value is -0.990. The first-order valence-electron chi connectivity index (χ1n) is 5.98. The molecule has 0 rings (SSSR count). The fraction of sp³-hybridized carbons (Fsp3) is 0.769. The van der Waals surface area contributed by atoms with Gasteiger partial charge in [0.05, 0.1) is 26.9 Å². The topological polar surface area (TPSA) is 105 Å². The average molecular weight is 296 g/mol. The molecule has 0 spiro atoms. The van der Waals surface area contributed by atoms with Crippen molar-refractivity contribution in [3.05, 3.63) is 12.7 Å². The summed E-state index contributed by atoms with van der Waals surface area (Å²) in [4.78, 5) is 9.84. The second kappa shape index (κ2) is 18.0. The van der Waals surface area contributed by atoms with Gasteiger partial charge in [-0.3, -0.25) is 0 Å². The van der Waals surface area contributed by atoms with Gasteiger partial charge in [0.25, 0.3) is 0 Å². The van der Waals surface area contributed by atoms with Crippen LogP contribution in [0.15, 0.2) is 12.7 Å². The smallest absolute Gasteiger partial charge is 0.329 e. The largest absolute Gasteiger partial charge is 0.466 e. The molecule has 0 heterocycles. The second-order valence-corrected chi connectivity index (χ2v) is 3.75. The molecule has 7 heteroatoms. The monoisotopic (exact) mass is 296 g/mol. The molecule has 0 aliphatic heterocycles. The normalized spacial score (nSPS) is 9.55. The molecule has 0 aliphatic carbocycles. The molecule has 122 valence electrons. The number of ether oxygens (including phenoxy) is 3. The third-order valence-electron chi connectivity index (χ3n) is 2.36. The lowest BCUT2D eigenvalue weighted by Crippen LogP contribution is -2.32. The van der Waals surface area contributed by atoms with Crippen LogP contribution in [0.5, 0.6) is 0 Å². The Bertz CT molecular complexity index is 195. The Morgan fingerprint density at radius 3 is 1.50 bits per heavy atom. The summed E-state index contributed by atoms with van der Waals surface area (Å²) < 4.78 is 13.1. The molecule has 0 radical (unpaired) electrons. The molecule has 20 heavy (non-hydrogen) atoms. The molecule has 0 fully saturated rings. The van der Waals surface area contributed by atoms with E-state index < -0.39 is 11.4 Å². The SMILES string of the molecule is C=CC(=O)OC.CCC(CO)(CO)CO.COCOC. The van der Waals surface area contributed by atoms with Crippen LogP contribution in [0.4, 0.5) is 0 Å². The zero-order chi connectivity index (χ0) is 16.4. The predicted molar refractivity (Wildman–Crippen MR) is 75.1 cm³/mol. The van der Waals surface area contributed by atoms with Crippen LogP contribution in [-0.2, 0) is 19.0 Å². The fourth-order valence-corrected chi connectivity index (χ4v) is 0.687. The van der Waals surface area contributed by atoms with Gasteiger partial charge in [0, 0.05) is 25.7 Å². The first-order valence-corrected chi connectivity index (χ1v) is 5.98. The maximum absolute atomic E-state index is 9.84. The number of aliphatic hydroxyl groups is 3. The van der Waals surface area contributed by atoms with Gasteiger partial charge < -0.3 is 29.5 Å². The summed E-state index contributed by atoms with van der Waals surface area (Å²) in [6, 6.07) is 0. The van der Waals surface area contributed by atoms with Gasteiger partial charge in [-0.2, -0.15) is 0 Å². The molecule has 3 N–H and O–H groups in total. The molecule has 0 aromatic heterocycles. The quantitative estimate of drug-likeness (QED) is 0.343. The van der Waals surface area contributed by atoms with E-state index in [1.54, 1.807) is 14.2 Å². The molecule has 0 amide bonds. The summed E-state index contributed by atoms with van der Waals surface area (Å²) in [5.74, 6) is -0.394. The summed E-state index contributed by atoms with van der Waals surface area (Å²) in [5.41, 5.74) is -0.667. The van der Waals surface area contributed by atoms with Gasteiger partial charge >= 0.3 is 5.97 Å². The van der Waals surface area contributed by atoms with Crippen molar-refractivity contribution >= 4 is 5.97 Å². The maximum atomic E-state index is 9.84. The van der Waals surface area contributed by atoms with Crippen LogP contribution in [0.1, 0.15) is 13.3 Å². The summed E-state index contributed by atoms with van der Waals surface area (Å²) >= 11 is 0. The molecule has 0 aromatic carbocycles. The molecule has 0 saturated carbocycles. The predicted octanol–water partition coefficient (Wildman–Crippen LogP) is -0.0582. The number of carbonyl (C=O) groups excluding carboxylic acids is 1. The van der Waals surface area contributed by atoms with Crippen LogP contribution in [-0.4, -0.2) is 69.2 Å². The van der Waals surface area contributed by atoms with Crippen LogP contribution >= 0.6 is 0 Å². The van der Waals surface area contributed by atoms with Gasteiger partial charge in [0.1, 0.15) is 6.79 Å². The van der Waals surface area contributed by atoms with Crippen LogP contribution in [0.25, 0.3) is 0 Å². The summed E-state index contributed by atoms with van der Waals surface area (Å²) in [5, 5.41) is 26.0. The summed E-state index contributed by atoms with van der Waals surface area (Å²) in [7, 11) is 4.48. The number of aliphatic hydroxyl groups excluding tert-OH is 3. The van der Waals surface area contributed by atoms with Gasteiger partial charge in [-0.05, 0) is 6.42 Å². The van der Waals surface area contributed by atoms with Crippen LogP contribution in [0.3, 0.4) is 0 Å². The van der Waals surface area contributed by atoms with Crippen molar-refractivity contribution in [2.45, 2.75) is 13.3 Å². The zero-order valence-corrected chi connectivity index (χ0v) is 12.8. The molecule has 0 atom stereocenters.